The van der Waals surface area contributed by atoms with Crippen molar-refractivity contribution in [1.29, 1.82) is 0 Å². The second kappa shape index (κ2) is 7.89. The Morgan fingerprint density at radius 1 is 1.43 bits per heavy atom. The van der Waals surface area contributed by atoms with Crippen LogP contribution in [0.2, 0.25) is 0 Å². The molecule has 0 spiro atoms. The van der Waals surface area contributed by atoms with E-state index in [4.69, 9.17) is 14.1 Å². The van der Waals surface area contributed by atoms with Crippen LogP contribution in [0.5, 0.6) is 0 Å². The lowest BCUT2D eigenvalue weighted by Gasteiger charge is -2.21. The van der Waals surface area contributed by atoms with Gasteiger partial charge < -0.3 is 14.1 Å². The van der Waals surface area contributed by atoms with E-state index in [0.29, 0.717) is 52.7 Å². The lowest BCUT2D eigenvalue weighted by atomic mass is 10.1. The van der Waals surface area contributed by atoms with Gasteiger partial charge in [0.1, 0.15) is 16.4 Å². The summed E-state index contributed by atoms with van der Waals surface area (Å²) in [6.07, 6.45) is 4.43. The molecule has 7 nitrogen and oxygen atoms in total. The number of ether oxygens (including phenoxy) is 1. The highest BCUT2D eigenvalue weighted by molar-refractivity contribution is 7.20. The Morgan fingerprint density at radius 3 is 3.04 bits per heavy atom. The number of thiophene rings is 1. The van der Waals surface area contributed by atoms with E-state index >= 15 is 0 Å². The number of fused-ring (bicyclic) bond motifs is 2. The molecule has 3 aromatic rings. The molecule has 1 aliphatic heterocycles. The first-order valence-electron chi connectivity index (χ1n) is 9.43. The maximum atomic E-state index is 13.3. The topological polar surface area (TPSA) is 77.6 Å². The minimum atomic E-state index is -0.128. The van der Waals surface area contributed by atoms with Crippen LogP contribution in [0.3, 0.4) is 0 Å². The monoisotopic (exact) mass is 401 g/mol. The molecule has 0 aromatic carbocycles. The van der Waals surface area contributed by atoms with E-state index in [-0.39, 0.29) is 11.5 Å². The Kier molecular flexibility index (Phi) is 5.32. The number of aryl methyl sites for hydroxylation is 2. The van der Waals surface area contributed by atoms with Crippen LogP contribution in [0.1, 0.15) is 39.7 Å². The molecule has 1 aliphatic rings. The van der Waals surface area contributed by atoms with Gasteiger partial charge in [0, 0.05) is 26.6 Å². The quantitative estimate of drug-likeness (QED) is 0.635. The van der Waals surface area contributed by atoms with Gasteiger partial charge in [-0.2, -0.15) is 0 Å². The predicted octanol–water partition coefficient (Wildman–Crippen LogP) is 2.98. The summed E-state index contributed by atoms with van der Waals surface area (Å²) < 4.78 is 12.3. The summed E-state index contributed by atoms with van der Waals surface area (Å²) in [5, 5.41) is 0.573. The fourth-order valence-corrected chi connectivity index (χ4v) is 4.78. The molecule has 0 N–H and O–H groups in total. The molecule has 0 atom stereocenters. The van der Waals surface area contributed by atoms with E-state index in [1.807, 2.05) is 13.0 Å². The average Bonchev–Trinajstić information content (AvgIpc) is 3.33. The van der Waals surface area contributed by atoms with Crippen molar-refractivity contribution in [2.75, 3.05) is 20.3 Å². The summed E-state index contributed by atoms with van der Waals surface area (Å²) in [6.45, 7) is 3.75. The Labute approximate surface area is 166 Å². The number of rotatable bonds is 6. The number of methoxy groups -OCH3 is 1. The van der Waals surface area contributed by atoms with Crippen LogP contribution in [-0.2, 0) is 24.2 Å². The Balaban J connectivity index is 1.73. The average molecular weight is 401 g/mol. The van der Waals surface area contributed by atoms with Crippen LogP contribution in [0.15, 0.2) is 27.6 Å². The molecule has 0 radical (unpaired) electrons. The number of carbonyl (C=O) groups is 1. The summed E-state index contributed by atoms with van der Waals surface area (Å²) in [5.41, 5.74) is 0.687. The molecule has 0 bridgehead atoms. The van der Waals surface area contributed by atoms with E-state index in [9.17, 15) is 9.59 Å². The summed E-state index contributed by atoms with van der Waals surface area (Å²) in [6, 6.07) is 3.64. The van der Waals surface area contributed by atoms with E-state index in [0.717, 1.165) is 25.1 Å². The molecule has 3 aromatic heterocycles. The van der Waals surface area contributed by atoms with Crippen LogP contribution < -0.4 is 5.56 Å². The van der Waals surface area contributed by atoms with Crippen molar-refractivity contribution in [3.05, 3.63) is 50.8 Å². The molecule has 4 rings (SSSR count). The zero-order valence-corrected chi connectivity index (χ0v) is 16.9. The first-order valence-corrected chi connectivity index (χ1v) is 10.2. The van der Waals surface area contributed by atoms with Crippen molar-refractivity contribution >= 4 is 27.5 Å². The summed E-state index contributed by atoms with van der Waals surface area (Å²) in [5.74, 6) is 1.41. The molecule has 4 heterocycles. The third kappa shape index (κ3) is 3.38. The third-order valence-corrected chi connectivity index (χ3v) is 6.31. The van der Waals surface area contributed by atoms with Crippen molar-refractivity contribution in [3.63, 3.8) is 0 Å². The first-order chi connectivity index (χ1) is 13.6. The molecule has 1 amide bonds. The number of hydrogen-bond acceptors (Lipinski definition) is 6. The van der Waals surface area contributed by atoms with Gasteiger partial charge in [-0.1, -0.05) is 0 Å². The molecule has 148 valence electrons. The van der Waals surface area contributed by atoms with Crippen molar-refractivity contribution in [2.24, 2.45) is 0 Å². The fraction of sp³-hybridized carbons (Fsp3) is 0.450. The minimum Gasteiger partial charge on any atom is -0.467 e. The highest BCUT2D eigenvalue weighted by atomic mass is 32.1. The van der Waals surface area contributed by atoms with Crippen LogP contribution in [0, 0.1) is 6.92 Å². The maximum Gasteiger partial charge on any atom is 0.264 e. The first kappa shape index (κ1) is 18.9. The van der Waals surface area contributed by atoms with Crippen LogP contribution in [-0.4, -0.2) is 40.6 Å². The van der Waals surface area contributed by atoms with Crippen LogP contribution in [0.25, 0.3) is 10.2 Å². The van der Waals surface area contributed by atoms with Gasteiger partial charge in [-0.05, 0) is 37.5 Å². The highest BCUT2D eigenvalue weighted by Gasteiger charge is 2.26. The predicted molar refractivity (Wildman–Crippen MR) is 107 cm³/mol. The molecule has 8 heteroatoms. The van der Waals surface area contributed by atoms with Crippen molar-refractivity contribution in [2.45, 2.75) is 39.3 Å². The summed E-state index contributed by atoms with van der Waals surface area (Å²) in [7, 11) is 1.61. The zero-order chi connectivity index (χ0) is 19.7. The Bertz CT molecular complexity index is 1050. The molecule has 0 saturated heterocycles. The second-order valence-electron chi connectivity index (χ2n) is 6.98. The zero-order valence-electron chi connectivity index (χ0n) is 16.1. The van der Waals surface area contributed by atoms with E-state index in [2.05, 4.69) is 0 Å². The smallest absolute Gasteiger partial charge is 0.264 e. The molecule has 0 saturated carbocycles. The molecule has 0 unspecified atom stereocenters. The van der Waals surface area contributed by atoms with Gasteiger partial charge in [0.05, 0.1) is 29.7 Å². The van der Waals surface area contributed by atoms with Crippen molar-refractivity contribution in [1.82, 2.24) is 14.5 Å². The second-order valence-corrected chi connectivity index (χ2v) is 7.98. The van der Waals surface area contributed by atoms with Gasteiger partial charge in [-0.25, -0.2) is 4.98 Å². The van der Waals surface area contributed by atoms with Gasteiger partial charge >= 0.3 is 0 Å². The van der Waals surface area contributed by atoms with E-state index < -0.39 is 0 Å². The largest absolute Gasteiger partial charge is 0.467 e. The number of amides is 1. The summed E-state index contributed by atoms with van der Waals surface area (Å²) >= 11 is 1.31. The summed E-state index contributed by atoms with van der Waals surface area (Å²) in [4.78, 5) is 33.9. The Morgan fingerprint density at radius 2 is 2.29 bits per heavy atom. The fourth-order valence-electron chi connectivity index (χ4n) is 3.63. The minimum absolute atomic E-state index is 0.0259. The molecular formula is C20H23N3O4S. The molecule has 28 heavy (non-hydrogen) atoms. The Hall–Kier alpha value is -2.45. The van der Waals surface area contributed by atoms with E-state index in [1.165, 1.54) is 11.3 Å². The maximum absolute atomic E-state index is 13.3. The standard InChI is InChI=1S/C20H23N3O4S/c1-13-16-18(21-15-7-3-4-8-23(15)19(16)24)28-17(13)20(25)22(9-11-26-2)12-14-6-5-10-27-14/h5-6,10H,3-4,7-9,11-12H2,1-2H3. The van der Waals surface area contributed by atoms with Crippen molar-refractivity contribution < 1.29 is 13.9 Å². The number of carbonyl (C=O) groups excluding carboxylic acids is 1. The highest BCUT2D eigenvalue weighted by Crippen LogP contribution is 2.30. The van der Waals surface area contributed by atoms with Crippen molar-refractivity contribution in [3.8, 4) is 0 Å². The lowest BCUT2D eigenvalue weighted by Crippen LogP contribution is -2.33. The number of furan rings is 1. The van der Waals surface area contributed by atoms with Gasteiger partial charge in [-0.15, -0.1) is 11.3 Å². The van der Waals surface area contributed by atoms with Gasteiger partial charge in [-0.3, -0.25) is 14.2 Å². The van der Waals surface area contributed by atoms with Gasteiger partial charge in [0.2, 0.25) is 0 Å². The number of hydrogen-bond donors (Lipinski definition) is 0. The van der Waals surface area contributed by atoms with E-state index in [1.54, 1.807) is 28.9 Å². The molecule has 0 aliphatic carbocycles. The van der Waals surface area contributed by atoms with Crippen LogP contribution >= 0.6 is 11.3 Å². The molecular weight excluding hydrogens is 378 g/mol. The lowest BCUT2D eigenvalue weighted by molar-refractivity contribution is 0.0671. The SMILES string of the molecule is COCCN(Cc1ccco1)C(=O)c1sc2nc3n(c(=O)c2c1C)CCCC3. The van der Waals surface area contributed by atoms with Crippen LogP contribution in [0.4, 0.5) is 0 Å². The molecule has 0 fully saturated rings. The normalized spacial score (nSPS) is 13.6. The number of nitrogens with zero attached hydrogens (tertiary/aromatic N) is 3. The van der Waals surface area contributed by atoms with Gasteiger partial charge in [0.15, 0.2) is 0 Å². The third-order valence-electron chi connectivity index (χ3n) is 5.14. The number of aromatic nitrogens is 2. The van der Waals surface area contributed by atoms with Gasteiger partial charge in [0.25, 0.3) is 11.5 Å².